The summed E-state index contributed by atoms with van der Waals surface area (Å²) in [5.74, 6) is -1.03. The molecule has 0 saturated carbocycles. The zero-order valence-corrected chi connectivity index (χ0v) is 12.3. The van der Waals surface area contributed by atoms with Crippen molar-refractivity contribution in [3.05, 3.63) is 34.9 Å². The predicted octanol–water partition coefficient (Wildman–Crippen LogP) is 2.78. The van der Waals surface area contributed by atoms with E-state index in [0.29, 0.717) is 17.9 Å². The SMILES string of the molecule is CCC(CC)(NC(=O)NCc1ccccc1Cl)C(=O)O. The van der Waals surface area contributed by atoms with Crippen LogP contribution in [0.3, 0.4) is 0 Å². The zero-order valence-electron chi connectivity index (χ0n) is 11.6. The number of aliphatic carboxylic acids is 1. The molecule has 1 rings (SSSR count). The lowest BCUT2D eigenvalue weighted by atomic mass is 9.93. The van der Waals surface area contributed by atoms with Gasteiger partial charge in [-0.25, -0.2) is 9.59 Å². The summed E-state index contributed by atoms with van der Waals surface area (Å²) in [7, 11) is 0. The van der Waals surface area contributed by atoms with Gasteiger partial charge in [0.15, 0.2) is 0 Å². The maximum absolute atomic E-state index is 11.8. The molecule has 0 fully saturated rings. The first-order chi connectivity index (χ1) is 9.45. The lowest BCUT2D eigenvalue weighted by Gasteiger charge is -2.28. The number of benzene rings is 1. The lowest BCUT2D eigenvalue weighted by molar-refractivity contribution is -0.144. The van der Waals surface area contributed by atoms with Crippen LogP contribution in [0.5, 0.6) is 0 Å². The second-order valence-corrected chi connectivity index (χ2v) is 4.90. The molecule has 0 spiro atoms. The monoisotopic (exact) mass is 298 g/mol. The van der Waals surface area contributed by atoms with Crippen molar-refractivity contribution in [1.82, 2.24) is 10.6 Å². The molecule has 1 aromatic rings. The first kappa shape index (κ1) is 16.3. The first-order valence-electron chi connectivity index (χ1n) is 6.48. The minimum absolute atomic E-state index is 0.245. The highest BCUT2D eigenvalue weighted by molar-refractivity contribution is 6.31. The van der Waals surface area contributed by atoms with Crippen molar-refractivity contribution < 1.29 is 14.7 Å². The molecule has 5 nitrogen and oxygen atoms in total. The van der Waals surface area contributed by atoms with Gasteiger partial charge in [-0.05, 0) is 24.5 Å². The molecule has 0 aliphatic carbocycles. The molecular formula is C14H19ClN2O3. The van der Waals surface area contributed by atoms with Gasteiger partial charge in [-0.15, -0.1) is 0 Å². The number of carbonyl (C=O) groups is 2. The van der Waals surface area contributed by atoms with Crippen LogP contribution in [0.1, 0.15) is 32.3 Å². The minimum atomic E-state index is -1.23. The van der Waals surface area contributed by atoms with Crippen molar-refractivity contribution in [3.63, 3.8) is 0 Å². The van der Waals surface area contributed by atoms with Gasteiger partial charge in [0.1, 0.15) is 5.54 Å². The number of halogens is 1. The van der Waals surface area contributed by atoms with Crippen LogP contribution >= 0.6 is 11.6 Å². The fourth-order valence-corrected chi connectivity index (χ4v) is 2.06. The summed E-state index contributed by atoms with van der Waals surface area (Å²) in [6, 6.07) is 6.63. The third-order valence-corrected chi connectivity index (χ3v) is 3.74. The van der Waals surface area contributed by atoms with Crippen LogP contribution in [-0.2, 0) is 11.3 Å². The third kappa shape index (κ3) is 3.87. The molecule has 0 heterocycles. The van der Waals surface area contributed by atoms with Crippen molar-refractivity contribution >= 4 is 23.6 Å². The molecule has 0 atom stereocenters. The van der Waals surface area contributed by atoms with Gasteiger partial charge in [0.05, 0.1) is 0 Å². The van der Waals surface area contributed by atoms with Crippen LogP contribution in [0, 0.1) is 0 Å². The van der Waals surface area contributed by atoms with Gasteiger partial charge in [0.25, 0.3) is 0 Å². The molecule has 0 aliphatic heterocycles. The summed E-state index contributed by atoms with van der Waals surface area (Å²) in [6.45, 7) is 3.70. The number of carboxylic acids is 1. The van der Waals surface area contributed by atoms with E-state index in [1.165, 1.54) is 0 Å². The Bertz CT molecular complexity index is 487. The lowest BCUT2D eigenvalue weighted by Crippen LogP contribution is -2.56. The van der Waals surface area contributed by atoms with Gasteiger partial charge < -0.3 is 15.7 Å². The van der Waals surface area contributed by atoms with E-state index < -0.39 is 17.5 Å². The van der Waals surface area contributed by atoms with E-state index in [0.717, 1.165) is 5.56 Å². The van der Waals surface area contributed by atoms with Gasteiger partial charge in [0, 0.05) is 11.6 Å². The van der Waals surface area contributed by atoms with Gasteiger partial charge >= 0.3 is 12.0 Å². The summed E-state index contributed by atoms with van der Waals surface area (Å²) in [5.41, 5.74) is -0.455. The second-order valence-electron chi connectivity index (χ2n) is 4.49. The normalized spacial score (nSPS) is 10.9. The Hall–Kier alpha value is -1.75. The molecule has 0 bridgehead atoms. The Balaban J connectivity index is 2.64. The molecule has 20 heavy (non-hydrogen) atoms. The quantitative estimate of drug-likeness (QED) is 0.755. The van der Waals surface area contributed by atoms with Crippen LogP contribution in [0.15, 0.2) is 24.3 Å². The van der Waals surface area contributed by atoms with Gasteiger partial charge in [-0.3, -0.25) is 0 Å². The maximum Gasteiger partial charge on any atom is 0.329 e. The summed E-state index contributed by atoms with van der Waals surface area (Å²) in [5, 5.41) is 14.9. The molecule has 0 saturated heterocycles. The zero-order chi connectivity index (χ0) is 15.2. The Morgan fingerprint density at radius 2 is 1.85 bits per heavy atom. The summed E-state index contributed by atoms with van der Waals surface area (Å²) in [4.78, 5) is 23.1. The molecule has 0 aromatic heterocycles. The average Bonchev–Trinajstić information content (AvgIpc) is 2.43. The van der Waals surface area contributed by atoms with Gasteiger partial charge in [-0.1, -0.05) is 43.6 Å². The van der Waals surface area contributed by atoms with E-state index in [4.69, 9.17) is 11.6 Å². The van der Waals surface area contributed by atoms with E-state index in [1.807, 2.05) is 6.07 Å². The number of amides is 2. The standard InChI is InChI=1S/C14H19ClN2O3/c1-3-14(4-2,12(18)19)17-13(20)16-9-10-7-5-6-8-11(10)15/h5-8H,3-4,9H2,1-2H3,(H,18,19)(H2,16,17,20). The van der Waals surface area contributed by atoms with Crippen molar-refractivity contribution in [1.29, 1.82) is 0 Å². The smallest absolute Gasteiger partial charge is 0.329 e. The number of rotatable bonds is 6. The van der Waals surface area contributed by atoms with Crippen LogP contribution in [0.2, 0.25) is 5.02 Å². The molecule has 1 aromatic carbocycles. The van der Waals surface area contributed by atoms with Crippen LogP contribution in [-0.4, -0.2) is 22.6 Å². The largest absolute Gasteiger partial charge is 0.480 e. The van der Waals surface area contributed by atoms with E-state index in [9.17, 15) is 14.7 Å². The number of carbonyl (C=O) groups excluding carboxylic acids is 1. The van der Waals surface area contributed by atoms with Gasteiger partial charge in [-0.2, -0.15) is 0 Å². The molecule has 6 heteroatoms. The Morgan fingerprint density at radius 3 is 2.35 bits per heavy atom. The van der Waals surface area contributed by atoms with Crippen molar-refractivity contribution in [2.24, 2.45) is 0 Å². The minimum Gasteiger partial charge on any atom is -0.480 e. The highest BCUT2D eigenvalue weighted by Crippen LogP contribution is 2.16. The summed E-state index contributed by atoms with van der Waals surface area (Å²) >= 11 is 5.98. The van der Waals surface area contributed by atoms with Crippen molar-refractivity contribution in [2.45, 2.75) is 38.8 Å². The molecule has 0 aliphatic rings. The van der Waals surface area contributed by atoms with Crippen LogP contribution in [0.4, 0.5) is 4.79 Å². The number of urea groups is 1. The number of nitrogens with one attached hydrogen (secondary N) is 2. The van der Waals surface area contributed by atoms with E-state index in [-0.39, 0.29) is 6.54 Å². The topological polar surface area (TPSA) is 78.4 Å². The van der Waals surface area contributed by atoms with Crippen molar-refractivity contribution in [3.8, 4) is 0 Å². The van der Waals surface area contributed by atoms with E-state index >= 15 is 0 Å². The average molecular weight is 299 g/mol. The number of hydrogen-bond donors (Lipinski definition) is 3. The maximum atomic E-state index is 11.8. The number of carboxylic acid groups (broad SMARTS) is 1. The third-order valence-electron chi connectivity index (χ3n) is 3.37. The highest BCUT2D eigenvalue weighted by Gasteiger charge is 2.36. The molecule has 2 amide bonds. The Morgan fingerprint density at radius 1 is 1.25 bits per heavy atom. The van der Waals surface area contributed by atoms with Crippen LogP contribution in [0.25, 0.3) is 0 Å². The van der Waals surface area contributed by atoms with E-state index in [2.05, 4.69) is 10.6 Å². The fraction of sp³-hybridized carbons (Fsp3) is 0.429. The molecular weight excluding hydrogens is 280 g/mol. The molecule has 3 N–H and O–H groups in total. The van der Waals surface area contributed by atoms with Crippen molar-refractivity contribution in [2.75, 3.05) is 0 Å². The first-order valence-corrected chi connectivity index (χ1v) is 6.85. The summed E-state index contributed by atoms with van der Waals surface area (Å²) in [6.07, 6.45) is 0.636. The predicted molar refractivity (Wildman–Crippen MR) is 77.8 cm³/mol. The number of hydrogen-bond acceptors (Lipinski definition) is 2. The second kappa shape index (κ2) is 7.14. The highest BCUT2D eigenvalue weighted by atomic mass is 35.5. The summed E-state index contributed by atoms with van der Waals surface area (Å²) < 4.78 is 0. The van der Waals surface area contributed by atoms with Gasteiger partial charge in [0.2, 0.25) is 0 Å². The van der Waals surface area contributed by atoms with E-state index in [1.54, 1.807) is 32.0 Å². The molecule has 110 valence electrons. The molecule has 0 unspecified atom stereocenters. The van der Waals surface area contributed by atoms with Crippen LogP contribution < -0.4 is 10.6 Å². The Labute approximate surface area is 123 Å². The molecule has 0 radical (unpaired) electrons. The fourth-order valence-electron chi connectivity index (χ4n) is 1.86. The Kier molecular flexibility index (Phi) is 5.82.